The van der Waals surface area contributed by atoms with Crippen molar-refractivity contribution in [2.45, 2.75) is 315 Å². The van der Waals surface area contributed by atoms with E-state index in [2.05, 4.69) is 123 Å². The third-order valence-electron chi connectivity index (χ3n) is 15.2. The van der Waals surface area contributed by atoms with Gasteiger partial charge in [0.05, 0.1) is 33.8 Å². The van der Waals surface area contributed by atoms with E-state index in [1.54, 1.807) is 0 Å². The molecule has 0 bridgehead atoms. The predicted molar refractivity (Wildman–Crippen MR) is 369 cm³/mol. The van der Waals surface area contributed by atoms with Gasteiger partial charge in [0.15, 0.2) is 0 Å². The standard InChI is InChI=1S/C75H133N2O7P/c1-7-10-13-16-19-22-25-28-30-32-34-36-37-38-39-41-42-44-46-49-52-55-58-61-64-67-74(78)76-72(71-83-85(80,81)82-70-69-77(4,5)6)73(66-63-60-57-54-51-48-27-24-21-18-15-12-9-3)84-75(79)68-65-62-59-56-53-50-47-45-43-40-35-33-31-29-26-23-20-17-14-11-8-2/h11,14,19-20,22-23,28-31,34-36,40,45,47,63,66,72-73H,7-10,12-13,15-18,21,24-27,32-33,37-39,41-44,46,48-62,64-65,67-71H2,1-6H3,(H-,76,78,80,81)/p+1/b14-11-,22-19-,23-20-,30-28-,31-29-,36-34-,40-35-,47-45-,66-63-. The van der Waals surface area contributed by atoms with Crippen molar-refractivity contribution in [1.29, 1.82) is 0 Å². The zero-order valence-electron chi connectivity index (χ0n) is 56.1. The number of allylic oxidation sites excluding steroid dienone is 17. The van der Waals surface area contributed by atoms with Gasteiger partial charge in [-0.15, -0.1) is 0 Å². The molecule has 3 unspecified atom stereocenters. The number of amides is 1. The lowest BCUT2D eigenvalue weighted by atomic mass is 10.0. The maximum atomic E-state index is 13.6. The van der Waals surface area contributed by atoms with E-state index in [0.717, 1.165) is 116 Å². The molecule has 10 heteroatoms. The zero-order chi connectivity index (χ0) is 62.1. The second kappa shape index (κ2) is 63.7. The summed E-state index contributed by atoms with van der Waals surface area (Å²) < 4.78 is 30.8. The molecule has 0 saturated carbocycles. The second-order valence-corrected chi connectivity index (χ2v) is 26.1. The van der Waals surface area contributed by atoms with Crippen LogP contribution in [0.15, 0.2) is 109 Å². The van der Waals surface area contributed by atoms with Crippen LogP contribution >= 0.6 is 7.82 Å². The summed E-state index contributed by atoms with van der Waals surface area (Å²) in [6.45, 7) is 6.87. The minimum Gasteiger partial charge on any atom is -0.456 e. The zero-order valence-corrected chi connectivity index (χ0v) is 57.0. The molecule has 0 spiro atoms. The maximum Gasteiger partial charge on any atom is 0.472 e. The molecule has 0 fully saturated rings. The van der Waals surface area contributed by atoms with Crippen LogP contribution in [0.25, 0.3) is 0 Å². The van der Waals surface area contributed by atoms with E-state index >= 15 is 0 Å². The molecular formula is C75H134N2O7P+. The number of hydrogen-bond acceptors (Lipinski definition) is 6. The molecule has 1 amide bonds. The molecule has 0 aromatic carbocycles. The summed E-state index contributed by atoms with van der Waals surface area (Å²) in [5.74, 6) is -0.528. The topological polar surface area (TPSA) is 111 Å². The van der Waals surface area contributed by atoms with Crippen LogP contribution in [0, 0.1) is 0 Å². The van der Waals surface area contributed by atoms with Gasteiger partial charge in [-0.2, -0.15) is 0 Å². The van der Waals surface area contributed by atoms with Crippen molar-refractivity contribution >= 4 is 19.7 Å². The summed E-state index contributed by atoms with van der Waals surface area (Å²) in [4.78, 5) is 37.9. The van der Waals surface area contributed by atoms with Gasteiger partial charge in [-0.3, -0.25) is 18.6 Å². The Morgan fingerprint density at radius 2 is 0.753 bits per heavy atom. The molecule has 0 rings (SSSR count). The van der Waals surface area contributed by atoms with Gasteiger partial charge in [0, 0.05) is 12.8 Å². The van der Waals surface area contributed by atoms with Crippen molar-refractivity contribution in [1.82, 2.24) is 5.32 Å². The molecule has 3 atom stereocenters. The van der Waals surface area contributed by atoms with E-state index < -0.39 is 20.0 Å². The number of esters is 1. The summed E-state index contributed by atoms with van der Waals surface area (Å²) in [7, 11) is 1.48. The molecule has 0 aromatic heterocycles. The van der Waals surface area contributed by atoms with Gasteiger partial charge in [0.2, 0.25) is 5.91 Å². The van der Waals surface area contributed by atoms with E-state index in [-0.39, 0.29) is 31.5 Å². The number of likely N-dealkylation sites (N-methyl/N-ethyl adjacent to an activating group) is 1. The van der Waals surface area contributed by atoms with Crippen LogP contribution in [0.2, 0.25) is 0 Å². The lowest BCUT2D eigenvalue weighted by Crippen LogP contribution is -2.47. The number of quaternary nitrogens is 1. The molecule has 0 aliphatic rings. The highest BCUT2D eigenvalue weighted by atomic mass is 31.2. The first-order valence-electron chi connectivity index (χ1n) is 35.2. The van der Waals surface area contributed by atoms with E-state index in [9.17, 15) is 19.0 Å². The Bertz CT molecular complexity index is 1820. The monoisotopic (exact) mass is 1210 g/mol. The van der Waals surface area contributed by atoms with Gasteiger partial charge in [0.25, 0.3) is 0 Å². The quantitative estimate of drug-likeness (QED) is 0.0205. The first kappa shape index (κ1) is 81.7. The van der Waals surface area contributed by atoms with E-state index in [4.69, 9.17) is 13.8 Å². The Hall–Kier alpha value is -3.33. The Balaban J connectivity index is 5.16. The largest absolute Gasteiger partial charge is 0.472 e. The number of unbranched alkanes of at least 4 members (excludes halogenated alkanes) is 31. The van der Waals surface area contributed by atoms with Gasteiger partial charge < -0.3 is 19.4 Å². The molecule has 0 aliphatic carbocycles. The van der Waals surface area contributed by atoms with Gasteiger partial charge in [0.1, 0.15) is 19.3 Å². The Labute approximate surface area is 525 Å². The average molecular weight is 1210 g/mol. The van der Waals surface area contributed by atoms with Crippen LogP contribution in [0.5, 0.6) is 0 Å². The number of carbonyl (C=O) groups is 2. The third kappa shape index (κ3) is 65.0. The number of carbonyl (C=O) groups excluding carboxylic acids is 2. The lowest BCUT2D eigenvalue weighted by Gasteiger charge is -2.27. The summed E-state index contributed by atoms with van der Waals surface area (Å²) in [6, 6.07) is -0.865. The number of phosphoric acid groups is 1. The second-order valence-electron chi connectivity index (χ2n) is 24.7. The van der Waals surface area contributed by atoms with Crippen molar-refractivity contribution in [3.8, 4) is 0 Å². The van der Waals surface area contributed by atoms with Crippen molar-refractivity contribution in [2.24, 2.45) is 0 Å². The van der Waals surface area contributed by atoms with Gasteiger partial charge >= 0.3 is 13.8 Å². The molecule has 0 aromatic rings. The number of phosphoric ester groups is 1. The maximum absolute atomic E-state index is 13.6. The smallest absolute Gasteiger partial charge is 0.456 e. The molecule has 0 saturated heterocycles. The number of rotatable bonds is 63. The fourth-order valence-electron chi connectivity index (χ4n) is 9.80. The fourth-order valence-corrected chi connectivity index (χ4v) is 10.5. The number of hydrogen-bond donors (Lipinski definition) is 2. The van der Waals surface area contributed by atoms with Crippen molar-refractivity contribution < 1.29 is 37.3 Å². The Morgan fingerprint density at radius 3 is 1.15 bits per heavy atom. The van der Waals surface area contributed by atoms with Gasteiger partial charge in [-0.25, -0.2) is 4.57 Å². The van der Waals surface area contributed by atoms with Crippen molar-refractivity contribution in [2.75, 3.05) is 40.9 Å². The molecule has 9 nitrogen and oxygen atoms in total. The summed E-state index contributed by atoms with van der Waals surface area (Å²) >= 11 is 0. The van der Waals surface area contributed by atoms with Crippen LogP contribution in [-0.2, 0) is 27.9 Å². The lowest BCUT2D eigenvalue weighted by molar-refractivity contribution is -0.870. The Kier molecular flexibility index (Phi) is 61.2. The predicted octanol–water partition coefficient (Wildman–Crippen LogP) is 22.5. The molecule has 490 valence electrons. The molecule has 85 heavy (non-hydrogen) atoms. The minimum atomic E-state index is -4.47. The minimum absolute atomic E-state index is 0.0319. The van der Waals surface area contributed by atoms with Crippen LogP contribution in [-0.4, -0.2) is 74.3 Å². The first-order valence-corrected chi connectivity index (χ1v) is 36.7. The van der Waals surface area contributed by atoms with E-state index in [0.29, 0.717) is 23.9 Å². The summed E-state index contributed by atoms with van der Waals surface area (Å²) in [6.07, 6.45) is 88.0. The van der Waals surface area contributed by atoms with Crippen molar-refractivity contribution in [3.05, 3.63) is 109 Å². The van der Waals surface area contributed by atoms with E-state index in [1.165, 1.54) is 148 Å². The fraction of sp³-hybridized carbons (Fsp3) is 0.733. The van der Waals surface area contributed by atoms with Crippen LogP contribution in [0.1, 0.15) is 303 Å². The normalized spacial score (nSPS) is 14.2. The van der Waals surface area contributed by atoms with Gasteiger partial charge in [-0.1, -0.05) is 285 Å². The molecular weight excluding hydrogens is 1070 g/mol. The highest BCUT2D eigenvalue weighted by Gasteiger charge is 2.30. The number of ether oxygens (including phenoxy) is 1. The van der Waals surface area contributed by atoms with Crippen LogP contribution in [0.3, 0.4) is 0 Å². The summed E-state index contributed by atoms with van der Waals surface area (Å²) in [5.41, 5.74) is 0. The van der Waals surface area contributed by atoms with Crippen molar-refractivity contribution in [3.63, 3.8) is 0 Å². The van der Waals surface area contributed by atoms with E-state index in [1.807, 2.05) is 33.3 Å². The number of nitrogens with one attached hydrogen (secondary N) is 1. The summed E-state index contributed by atoms with van der Waals surface area (Å²) in [5, 5.41) is 3.07. The average Bonchev–Trinajstić information content (AvgIpc) is 3.48. The van der Waals surface area contributed by atoms with Crippen LogP contribution < -0.4 is 5.32 Å². The highest BCUT2D eigenvalue weighted by Crippen LogP contribution is 2.43. The molecule has 2 N–H and O–H groups in total. The third-order valence-corrected chi connectivity index (χ3v) is 16.2. The number of nitrogens with zero attached hydrogens (tertiary/aromatic N) is 1. The highest BCUT2D eigenvalue weighted by molar-refractivity contribution is 7.47. The SMILES string of the molecule is CC/C=C\C/C=C\C/C=C\C/C=C\C/C=C\CCCCCCCC(=O)OC(/C=C\CCCCCCCCCCCCC)C(COP(=O)(O)OCC[N+](C)(C)C)NC(=O)CCCCCCCCCCCCCC/C=C\C/C=C\C/C=C\CCCCC. The molecule has 0 radical (unpaired) electrons. The molecule has 0 heterocycles. The first-order chi connectivity index (χ1) is 41.4. The van der Waals surface area contributed by atoms with Gasteiger partial charge in [-0.05, 0) is 115 Å². The molecule has 0 aliphatic heterocycles. The Morgan fingerprint density at radius 1 is 0.424 bits per heavy atom. The van der Waals surface area contributed by atoms with Crippen LogP contribution in [0.4, 0.5) is 0 Å².